The van der Waals surface area contributed by atoms with Gasteiger partial charge in [0, 0.05) is 47.4 Å². The van der Waals surface area contributed by atoms with Crippen LogP contribution in [0.2, 0.25) is 0 Å². The molecule has 0 atom stereocenters. The Labute approximate surface area is 303 Å². The average molecular weight is 680 g/mol. The third-order valence-corrected chi connectivity index (χ3v) is 11.1. The molecule has 3 heteroatoms. The summed E-state index contributed by atoms with van der Waals surface area (Å²) in [6, 6.07) is 49.5. The zero-order chi connectivity index (χ0) is 35.2. The first kappa shape index (κ1) is 32.6. The molecule has 0 saturated carbocycles. The molecule has 2 nitrogen and oxygen atoms in total. The van der Waals surface area contributed by atoms with Crippen LogP contribution in [-0.2, 0) is 0 Å². The minimum absolute atomic E-state index is 0.977. The molecule has 250 valence electrons. The van der Waals surface area contributed by atoms with E-state index in [-0.39, 0.29) is 0 Å². The third-order valence-electron chi connectivity index (χ3n) is 9.95. The van der Waals surface area contributed by atoms with Crippen molar-refractivity contribution >= 4 is 75.3 Å². The highest BCUT2D eigenvalue weighted by Gasteiger charge is 2.15. The van der Waals surface area contributed by atoms with Crippen LogP contribution in [0.3, 0.4) is 0 Å². The fourth-order valence-corrected chi connectivity index (χ4v) is 8.71. The molecule has 0 N–H and O–H groups in total. The van der Waals surface area contributed by atoms with Crippen LogP contribution in [0.1, 0.15) is 33.4 Å². The highest BCUT2D eigenvalue weighted by molar-refractivity contribution is 7.25. The second-order valence-electron chi connectivity index (χ2n) is 13.7. The molecule has 10 rings (SSSR count). The first-order valence-corrected chi connectivity index (χ1v) is 18.4. The standard InChI is InChI=1S/C20H17N.C14H12O.C14H12S/c1-14-8-7-13-18-19(14)17-12-6-9-15(2)20(17)21(18)16-10-4-3-5-11-16;2*1-9-6-7-12-11(8-9)14-10(2)4-3-5-13(14)15-12/h3-13H,1-2H3;2*3-8H,1-2H3. The van der Waals surface area contributed by atoms with E-state index in [0.29, 0.717) is 0 Å². The van der Waals surface area contributed by atoms with Gasteiger partial charge in [0.15, 0.2) is 0 Å². The Morgan fingerprint density at radius 1 is 0.431 bits per heavy atom. The Bertz CT molecular complexity index is 2750. The summed E-state index contributed by atoms with van der Waals surface area (Å²) >= 11 is 1.88. The van der Waals surface area contributed by atoms with E-state index in [9.17, 15) is 0 Å². The molecule has 0 aliphatic rings. The molecule has 10 aromatic rings. The predicted octanol–water partition coefficient (Wildman–Crippen LogP) is 14.3. The van der Waals surface area contributed by atoms with E-state index in [1.807, 2.05) is 29.5 Å². The van der Waals surface area contributed by atoms with E-state index in [1.54, 1.807) is 0 Å². The van der Waals surface area contributed by atoms with Gasteiger partial charge >= 0.3 is 0 Å². The van der Waals surface area contributed by atoms with Crippen LogP contribution in [-0.4, -0.2) is 4.57 Å². The number of aryl methyl sites for hydroxylation is 6. The highest BCUT2D eigenvalue weighted by atomic mass is 32.1. The molecule has 0 aliphatic heterocycles. The Morgan fingerprint density at radius 2 is 1.06 bits per heavy atom. The second-order valence-corrected chi connectivity index (χ2v) is 14.8. The fourth-order valence-electron chi connectivity index (χ4n) is 7.55. The maximum absolute atomic E-state index is 5.79. The van der Waals surface area contributed by atoms with Crippen molar-refractivity contribution in [2.24, 2.45) is 0 Å². The monoisotopic (exact) mass is 679 g/mol. The van der Waals surface area contributed by atoms with E-state index < -0.39 is 0 Å². The van der Waals surface area contributed by atoms with Crippen molar-refractivity contribution < 1.29 is 4.42 Å². The van der Waals surface area contributed by atoms with Crippen molar-refractivity contribution in [2.75, 3.05) is 0 Å². The summed E-state index contributed by atoms with van der Waals surface area (Å²) in [6.45, 7) is 13.0. The van der Waals surface area contributed by atoms with Crippen LogP contribution in [0.25, 0.3) is 69.6 Å². The molecule has 0 saturated heterocycles. The number of fused-ring (bicyclic) bond motifs is 9. The number of benzene rings is 7. The molecule has 3 heterocycles. The van der Waals surface area contributed by atoms with E-state index in [4.69, 9.17) is 4.42 Å². The molecule has 0 amide bonds. The zero-order valence-corrected chi connectivity index (χ0v) is 30.9. The van der Waals surface area contributed by atoms with E-state index in [2.05, 4.69) is 167 Å². The topological polar surface area (TPSA) is 18.1 Å². The zero-order valence-electron chi connectivity index (χ0n) is 30.0. The summed E-state index contributed by atoms with van der Waals surface area (Å²) in [6.07, 6.45) is 0. The molecule has 0 spiro atoms. The van der Waals surface area contributed by atoms with Crippen LogP contribution in [0.15, 0.2) is 144 Å². The molecule has 0 aliphatic carbocycles. The lowest BCUT2D eigenvalue weighted by atomic mass is 10.1. The van der Waals surface area contributed by atoms with Gasteiger partial charge in [-0.2, -0.15) is 0 Å². The number of rotatable bonds is 1. The lowest BCUT2D eigenvalue weighted by Gasteiger charge is -2.09. The summed E-state index contributed by atoms with van der Waals surface area (Å²) < 4.78 is 11.0. The van der Waals surface area contributed by atoms with E-state index in [0.717, 1.165) is 11.2 Å². The van der Waals surface area contributed by atoms with Gasteiger partial charge in [-0.25, -0.2) is 0 Å². The van der Waals surface area contributed by atoms with Crippen LogP contribution in [0, 0.1) is 41.5 Å². The number of nitrogens with zero attached hydrogens (tertiary/aromatic N) is 1. The molecule has 0 unspecified atom stereocenters. The van der Waals surface area contributed by atoms with Gasteiger partial charge in [-0.15, -0.1) is 11.3 Å². The van der Waals surface area contributed by atoms with Gasteiger partial charge in [-0.3, -0.25) is 0 Å². The van der Waals surface area contributed by atoms with Crippen molar-refractivity contribution in [2.45, 2.75) is 41.5 Å². The van der Waals surface area contributed by atoms with Gasteiger partial charge in [0.1, 0.15) is 11.2 Å². The number of hydrogen-bond acceptors (Lipinski definition) is 2. The van der Waals surface area contributed by atoms with Gasteiger partial charge in [0.05, 0.1) is 11.0 Å². The Morgan fingerprint density at radius 3 is 1.84 bits per heavy atom. The average Bonchev–Trinajstić information content (AvgIpc) is 3.80. The quantitative estimate of drug-likeness (QED) is 0.169. The molecular formula is C48H41NOS. The lowest BCUT2D eigenvalue weighted by molar-refractivity contribution is 0.668. The van der Waals surface area contributed by atoms with Crippen molar-refractivity contribution in [3.63, 3.8) is 0 Å². The van der Waals surface area contributed by atoms with E-state index >= 15 is 0 Å². The van der Waals surface area contributed by atoms with Crippen molar-refractivity contribution in [1.29, 1.82) is 0 Å². The van der Waals surface area contributed by atoms with Crippen LogP contribution in [0.4, 0.5) is 0 Å². The number of hydrogen-bond donors (Lipinski definition) is 0. The van der Waals surface area contributed by atoms with Gasteiger partial charge in [0.25, 0.3) is 0 Å². The first-order chi connectivity index (χ1) is 24.8. The number of para-hydroxylation sites is 2. The second kappa shape index (κ2) is 13.2. The smallest absolute Gasteiger partial charge is 0.135 e. The maximum atomic E-state index is 5.79. The minimum Gasteiger partial charge on any atom is -0.456 e. The van der Waals surface area contributed by atoms with Crippen molar-refractivity contribution in [1.82, 2.24) is 4.57 Å². The van der Waals surface area contributed by atoms with Crippen LogP contribution >= 0.6 is 11.3 Å². The molecule has 7 aromatic carbocycles. The van der Waals surface area contributed by atoms with Gasteiger partial charge in [0.2, 0.25) is 0 Å². The van der Waals surface area contributed by atoms with Crippen LogP contribution in [0.5, 0.6) is 0 Å². The molecule has 51 heavy (non-hydrogen) atoms. The van der Waals surface area contributed by atoms with Crippen LogP contribution < -0.4 is 0 Å². The minimum atomic E-state index is 0.977. The first-order valence-electron chi connectivity index (χ1n) is 17.6. The summed E-state index contributed by atoms with van der Waals surface area (Å²) in [5, 5.41) is 8.01. The maximum Gasteiger partial charge on any atom is 0.135 e. The Kier molecular flexibility index (Phi) is 8.45. The predicted molar refractivity (Wildman–Crippen MR) is 222 cm³/mol. The molecule has 0 fully saturated rings. The lowest BCUT2D eigenvalue weighted by Crippen LogP contribution is -1.94. The molecular weight excluding hydrogens is 639 g/mol. The van der Waals surface area contributed by atoms with Crippen molar-refractivity contribution in [3.8, 4) is 5.69 Å². The summed E-state index contributed by atoms with van der Waals surface area (Å²) in [4.78, 5) is 0. The fraction of sp³-hybridized carbons (Fsp3) is 0.125. The van der Waals surface area contributed by atoms with Gasteiger partial charge < -0.3 is 8.98 Å². The third kappa shape index (κ3) is 5.88. The summed E-state index contributed by atoms with van der Waals surface area (Å²) in [5.74, 6) is 0. The Hall–Kier alpha value is -5.64. The summed E-state index contributed by atoms with van der Waals surface area (Å²) in [5.41, 5.74) is 13.7. The van der Waals surface area contributed by atoms with Gasteiger partial charge in [-0.1, -0.05) is 96.1 Å². The molecule has 3 aromatic heterocycles. The Balaban J connectivity index is 0.000000112. The largest absolute Gasteiger partial charge is 0.456 e. The highest BCUT2D eigenvalue weighted by Crippen LogP contribution is 2.37. The number of furan rings is 1. The molecule has 0 bridgehead atoms. The SMILES string of the molecule is Cc1ccc2oc3cccc(C)c3c2c1.Cc1ccc2sc3cccc(C)c3c2c1.Cc1cccc2c1c1cccc(C)c1n2-c1ccccc1. The number of thiophene rings is 1. The number of aromatic nitrogens is 1. The summed E-state index contributed by atoms with van der Waals surface area (Å²) in [7, 11) is 0. The molecule has 0 radical (unpaired) electrons. The van der Waals surface area contributed by atoms with Gasteiger partial charge in [-0.05, 0) is 118 Å². The van der Waals surface area contributed by atoms with E-state index in [1.165, 1.54) is 91.8 Å². The normalized spacial score (nSPS) is 11.3. The van der Waals surface area contributed by atoms with Crippen molar-refractivity contribution in [3.05, 3.63) is 173 Å².